The molecule has 0 bridgehead atoms. The van der Waals surface area contributed by atoms with Crippen LogP contribution in [0.3, 0.4) is 0 Å². The van der Waals surface area contributed by atoms with Gasteiger partial charge in [0.05, 0.1) is 0 Å². The Bertz CT molecular complexity index is 404. The van der Waals surface area contributed by atoms with Crippen molar-refractivity contribution in [2.75, 3.05) is 7.05 Å². The predicted octanol–water partition coefficient (Wildman–Crippen LogP) is 0.856. The summed E-state index contributed by atoms with van der Waals surface area (Å²) in [6, 6.07) is 0. The van der Waals surface area contributed by atoms with Gasteiger partial charge in [-0.15, -0.1) is 13.2 Å². The molecule has 8 heteroatoms. The first-order valence-corrected chi connectivity index (χ1v) is 15.4. The molecule has 1 N–H and O–H groups in total. The average molecular weight is 341 g/mol. The Labute approximate surface area is 130 Å². The molecule has 0 radical (unpaired) electrons. The van der Waals surface area contributed by atoms with Crippen LogP contribution in [0.4, 0.5) is 0 Å². The first kappa shape index (κ1) is 17.4. The third kappa shape index (κ3) is 2.59. The highest BCUT2D eigenvalue weighted by atomic mass is 28.5. The Hall–Kier alpha value is -0.652. The molecule has 0 aromatic heterocycles. The van der Waals surface area contributed by atoms with E-state index in [1.165, 1.54) is 0 Å². The van der Waals surface area contributed by atoms with E-state index < -0.39 is 35.8 Å². The lowest BCUT2D eigenvalue weighted by Gasteiger charge is -2.56. The fourth-order valence-corrected chi connectivity index (χ4v) is 22.3. The van der Waals surface area contributed by atoms with Gasteiger partial charge in [0, 0.05) is 0 Å². The lowest BCUT2D eigenvalue weighted by molar-refractivity contribution is 0.617. The summed E-state index contributed by atoms with van der Waals surface area (Å²) in [5, 5.41) is 0. The zero-order valence-corrected chi connectivity index (χ0v) is 17.8. The summed E-state index contributed by atoms with van der Waals surface area (Å²) >= 11 is 0. The quantitative estimate of drug-likeness (QED) is 0.766. The van der Waals surface area contributed by atoms with E-state index in [0.29, 0.717) is 0 Å². The normalized spacial score (nSPS) is 27.5. The number of hydrogen-bond acceptors (Lipinski definition) is 4. The number of nitrogens with zero attached hydrogens (tertiary/aromatic N) is 3. The first-order chi connectivity index (χ1) is 9.31. The van der Waals surface area contributed by atoms with Gasteiger partial charge in [0.1, 0.15) is 0 Å². The van der Waals surface area contributed by atoms with E-state index in [0.717, 1.165) is 0 Å². The molecule has 0 aliphatic carbocycles. The Morgan fingerprint density at radius 3 is 2.05 bits per heavy atom. The van der Waals surface area contributed by atoms with Gasteiger partial charge in [-0.25, -0.2) is 0 Å². The van der Waals surface area contributed by atoms with Crippen LogP contribution in [0, 0.1) is 0 Å². The minimum absolute atomic E-state index is 0.592. The van der Waals surface area contributed by atoms with Gasteiger partial charge in [-0.2, -0.15) is 0 Å². The molecule has 0 aromatic carbocycles. The third-order valence-electron chi connectivity index (χ3n) is 4.44. The molecule has 1 unspecified atom stereocenters. The van der Waals surface area contributed by atoms with Crippen molar-refractivity contribution in [2.24, 2.45) is 0 Å². The van der Waals surface area contributed by atoms with Gasteiger partial charge < -0.3 is 17.3 Å². The molecule has 0 spiro atoms. The molecule has 1 aliphatic rings. The average Bonchev–Trinajstić information content (AvgIpc) is 2.44. The van der Waals surface area contributed by atoms with Crippen LogP contribution < -0.4 is 4.65 Å². The number of rotatable bonds is 4. The minimum Gasteiger partial charge on any atom is -0.402 e. The zero-order valence-electron chi connectivity index (χ0n) is 13.3. The highest BCUT2D eigenvalue weighted by molar-refractivity contribution is 7.00. The molecule has 112 valence electrons. The molecule has 1 rings (SSSR count). The van der Waals surface area contributed by atoms with Crippen molar-refractivity contribution in [1.82, 2.24) is 17.3 Å². The van der Waals surface area contributed by atoms with E-state index in [4.69, 9.17) is 0 Å². The van der Waals surface area contributed by atoms with E-state index in [1.807, 2.05) is 12.4 Å². The Morgan fingerprint density at radius 2 is 1.65 bits per heavy atom. The Morgan fingerprint density at radius 1 is 1.10 bits per heavy atom. The fourth-order valence-electron chi connectivity index (χ4n) is 2.81. The van der Waals surface area contributed by atoms with Crippen LogP contribution in [-0.4, -0.2) is 55.5 Å². The summed E-state index contributed by atoms with van der Waals surface area (Å²) in [6.45, 7) is 23.5. The largest absolute Gasteiger partial charge is 0.402 e. The molecule has 1 fully saturated rings. The van der Waals surface area contributed by atoms with Crippen molar-refractivity contribution in [2.45, 2.75) is 19.6 Å². The Balaban J connectivity index is 3.49. The second kappa shape index (κ2) is 6.41. The summed E-state index contributed by atoms with van der Waals surface area (Å²) < 4.78 is 11.4. The zero-order chi connectivity index (χ0) is 15.6. The van der Waals surface area contributed by atoms with Crippen LogP contribution in [0.15, 0.2) is 50.1 Å². The van der Waals surface area contributed by atoms with Crippen molar-refractivity contribution >= 4 is 35.8 Å². The van der Waals surface area contributed by atoms with E-state index in [-0.39, 0.29) is 0 Å². The van der Waals surface area contributed by atoms with Crippen molar-refractivity contribution in [1.29, 1.82) is 0 Å². The van der Waals surface area contributed by atoms with Crippen molar-refractivity contribution < 1.29 is 0 Å². The van der Waals surface area contributed by atoms with E-state index in [1.54, 1.807) is 0 Å². The van der Waals surface area contributed by atoms with Crippen LogP contribution in [-0.2, 0) is 0 Å². The summed E-state index contributed by atoms with van der Waals surface area (Å²) in [5.41, 5.74) is 4.19. The van der Waals surface area contributed by atoms with Crippen molar-refractivity contribution in [3.05, 3.63) is 50.1 Å². The van der Waals surface area contributed by atoms with Gasteiger partial charge >= 0.3 is 0 Å². The summed E-state index contributed by atoms with van der Waals surface area (Å²) in [5.74, 6) is 0. The molecule has 20 heavy (non-hydrogen) atoms. The molecule has 1 aliphatic heterocycles. The minimum atomic E-state index is -2.18. The van der Waals surface area contributed by atoms with Gasteiger partial charge in [0.2, 0.25) is 8.40 Å². The molecule has 0 amide bonds. The molecule has 1 atom stereocenters. The van der Waals surface area contributed by atoms with Crippen LogP contribution in [0.2, 0.25) is 19.6 Å². The molecule has 4 nitrogen and oxygen atoms in total. The maximum atomic E-state index is 4.13. The van der Waals surface area contributed by atoms with Gasteiger partial charge in [0.15, 0.2) is 19.0 Å². The number of nitrogens with one attached hydrogen (secondary N) is 1. The predicted molar refractivity (Wildman–Crippen MR) is 100 cm³/mol. The maximum Gasteiger partial charge on any atom is 0.299 e. The SMILES string of the molecule is C=CN1[SiH2]N[SiH](C)N(C)[Si](C)(C)N(C=C)[Si]1(C=C)C=C. The maximum absolute atomic E-state index is 4.13. The summed E-state index contributed by atoms with van der Waals surface area (Å²) in [7, 11) is -3.41. The third-order valence-corrected chi connectivity index (χ3v) is 23.4. The molecule has 1 saturated heterocycles. The highest BCUT2D eigenvalue weighted by Gasteiger charge is 2.50. The summed E-state index contributed by atoms with van der Waals surface area (Å²) in [6.07, 6.45) is 3.98. The molecule has 1 heterocycles. The fraction of sp³-hybridized carbons (Fsp3) is 0.333. The number of hydrogen-bond donors (Lipinski definition) is 1. The lowest BCUT2D eigenvalue weighted by atomic mass is 11.1. The molecular weight excluding hydrogens is 313 g/mol. The molecule has 0 aromatic rings. The van der Waals surface area contributed by atoms with Gasteiger partial charge in [-0.05, 0) is 39.1 Å². The van der Waals surface area contributed by atoms with Gasteiger partial charge in [-0.1, -0.05) is 24.6 Å². The van der Waals surface area contributed by atoms with E-state index in [9.17, 15) is 0 Å². The van der Waals surface area contributed by atoms with Crippen LogP contribution in [0.5, 0.6) is 0 Å². The standard InChI is InChI=1S/C12H28N4Si4/c1-9-15-17-13-18(6)14(5)19(7,8)16(10-2)20(15,11-3)12-4/h9-13,18H,1-4,17H2,5-8H3. The smallest absolute Gasteiger partial charge is 0.299 e. The Kier molecular flexibility index (Phi) is 5.58. The van der Waals surface area contributed by atoms with Crippen molar-refractivity contribution in [3.8, 4) is 0 Å². The topological polar surface area (TPSA) is 21.8 Å². The van der Waals surface area contributed by atoms with Gasteiger partial charge in [0.25, 0.3) is 8.40 Å². The van der Waals surface area contributed by atoms with E-state index >= 15 is 0 Å². The lowest BCUT2D eigenvalue weighted by Crippen LogP contribution is -2.79. The van der Waals surface area contributed by atoms with Gasteiger partial charge in [-0.3, -0.25) is 0 Å². The second-order valence-electron chi connectivity index (χ2n) is 5.54. The highest BCUT2D eigenvalue weighted by Crippen LogP contribution is 2.28. The van der Waals surface area contributed by atoms with Crippen molar-refractivity contribution in [3.63, 3.8) is 0 Å². The second-order valence-corrected chi connectivity index (χ2v) is 19.5. The van der Waals surface area contributed by atoms with Crippen LogP contribution in [0.25, 0.3) is 0 Å². The molecular formula is C12H28N4Si4. The monoisotopic (exact) mass is 340 g/mol. The first-order valence-electron chi connectivity index (χ1n) is 6.86. The summed E-state index contributed by atoms with van der Waals surface area (Å²) in [4.78, 5) is 0. The van der Waals surface area contributed by atoms with Crippen LogP contribution in [0.1, 0.15) is 0 Å². The van der Waals surface area contributed by atoms with E-state index in [2.05, 4.69) is 81.7 Å². The van der Waals surface area contributed by atoms with Crippen LogP contribution >= 0.6 is 0 Å². The molecule has 0 saturated carbocycles.